The van der Waals surface area contributed by atoms with Gasteiger partial charge in [-0.25, -0.2) is 14.8 Å². The maximum Gasteiger partial charge on any atom is 0.317 e. The average molecular weight is 407 g/mol. The molecule has 0 aliphatic carbocycles. The van der Waals surface area contributed by atoms with Crippen LogP contribution in [0.25, 0.3) is 5.82 Å². The molecule has 154 valence electrons. The lowest BCUT2D eigenvalue weighted by Gasteiger charge is -2.36. The fourth-order valence-electron chi connectivity index (χ4n) is 3.31. The number of urea groups is 1. The number of carbonyl (C=O) groups is 1. The van der Waals surface area contributed by atoms with Crippen LogP contribution < -0.4 is 10.2 Å². The van der Waals surface area contributed by atoms with Gasteiger partial charge >= 0.3 is 6.03 Å². The van der Waals surface area contributed by atoms with E-state index in [1.165, 1.54) is 12.1 Å². The third-order valence-corrected chi connectivity index (χ3v) is 5.01. The van der Waals surface area contributed by atoms with E-state index >= 15 is 0 Å². The van der Waals surface area contributed by atoms with Crippen molar-refractivity contribution in [3.8, 4) is 5.82 Å². The van der Waals surface area contributed by atoms with Gasteiger partial charge in [-0.1, -0.05) is 6.07 Å². The second-order valence-corrected chi connectivity index (χ2v) is 6.90. The number of piperazine rings is 1. The number of anilines is 1. The van der Waals surface area contributed by atoms with E-state index in [-0.39, 0.29) is 11.7 Å². The number of nitro groups is 1. The van der Waals surface area contributed by atoms with E-state index in [4.69, 9.17) is 0 Å². The van der Waals surface area contributed by atoms with Crippen molar-refractivity contribution in [1.29, 1.82) is 0 Å². The van der Waals surface area contributed by atoms with E-state index < -0.39 is 4.92 Å². The number of hydrogen-bond acceptors (Lipinski definition) is 6. The number of hydrogen-bond donors (Lipinski definition) is 1. The molecule has 4 rings (SSSR count). The first-order valence-electron chi connectivity index (χ1n) is 9.55. The first kappa shape index (κ1) is 19.4. The van der Waals surface area contributed by atoms with Gasteiger partial charge in [-0.05, 0) is 23.8 Å². The number of pyridine rings is 1. The molecule has 0 atom stereocenters. The second kappa shape index (κ2) is 8.60. The van der Waals surface area contributed by atoms with Crippen molar-refractivity contribution >= 4 is 17.4 Å². The van der Waals surface area contributed by atoms with E-state index in [0.29, 0.717) is 32.7 Å². The third kappa shape index (κ3) is 4.37. The van der Waals surface area contributed by atoms with Crippen LogP contribution in [-0.2, 0) is 6.54 Å². The van der Waals surface area contributed by atoms with Crippen LogP contribution in [0.2, 0.25) is 0 Å². The largest absolute Gasteiger partial charge is 0.368 e. The van der Waals surface area contributed by atoms with Gasteiger partial charge in [-0.15, -0.1) is 0 Å². The SMILES string of the molecule is O=C(NCc1ccc(-n2ccnc2)nc1)N1CCN(c2ccc([N+](=O)[O-])cc2)CC1. The molecular weight excluding hydrogens is 386 g/mol. The van der Waals surface area contributed by atoms with Crippen molar-refractivity contribution in [2.45, 2.75) is 6.54 Å². The summed E-state index contributed by atoms with van der Waals surface area (Å²) in [6.45, 7) is 2.92. The second-order valence-electron chi connectivity index (χ2n) is 6.90. The zero-order valence-corrected chi connectivity index (χ0v) is 16.2. The molecule has 1 saturated heterocycles. The highest BCUT2D eigenvalue weighted by atomic mass is 16.6. The Morgan fingerprint density at radius 1 is 1.10 bits per heavy atom. The quantitative estimate of drug-likeness (QED) is 0.513. The smallest absolute Gasteiger partial charge is 0.317 e. The third-order valence-electron chi connectivity index (χ3n) is 5.01. The zero-order valence-electron chi connectivity index (χ0n) is 16.2. The van der Waals surface area contributed by atoms with Crippen LogP contribution >= 0.6 is 0 Å². The summed E-state index contributed by atoms with van der Waals surface area (Å²) in [5.41, 5.74) is 1.91. The summed E-state index contributed by atoms with van der Waals surface area (Å²) < 4.78 is 1.81. The molecule has 10 heteroatoms. The molecule has 0 bridgehead atoms. The molecule has 10 nitrogen and oxygen atoms in total. The van der Waals surface area contributed by atoms with E-state index in [0.717, 1.165) is 17.1 Å². The van der Waals surface area contributed by atoms with Gasteiger partial charge in [0.1, 0.15) is 12.1 Å². The molecule has 0 unspecified atom stereocenters. The van der Waals surface area contributed by atoms with Gasteiger partial charge in [0.25, 0.3) is 5.69 Å². The number of benzene rings is 1. The number of aromatic nitrogens is 3. The summed E-state index contributed by atoms with van der Waals surface area (Å²) in [6, 6.07) is 10.2. The molecule has 3 aromatic rings. The fourth-order valence-corrected chi connectivity index (χ4v) is 3.31. The van der Waals surface area contributed by atoms with Gasteiger partial charge in [0.2, 0.25) is 0 Å². The number of imidazole rings is 1. The molecule has 2 amide bonds. The van der Waals surface area contributed by atoms with Gasteiger partial charge in [0, 0.05) is 69.1 Å². The molecule has 1 fully saturated rings. The van der Waals surface area contributed by atoms with Crippen LogP contribution in [0.5, 0.6) is 0 Å². The van der Waals surface area contributed by atoms with Gasteiger partial charge in [0.15, 0.2) is 0 Å². The molecule has 0 radical (unpaired) electrons. The summed E-state index contributed by atoms with van der Waals surface area (Å²) in [5.74, 6) is 0.768. The number of amides is 2. The van der Waals surface area contributed by atoms with Crippen LogP contribution in [0.4, 0.5) is 16.2 Å². The van der Waals surface area contributed by atoms with E-state index in [1.54, 1.807) is 35.8 Å². The first-order chi connectivity index (χ1) is 14.6. The molecule has 1 aromatic carbocycles. The predicted octanol–water partition coefficient (Wildman–Crippen LogP) is 2.21. The normalized spacial score (nSPS) is 13.9. The van der Waals surface area contributed by atoms with Crippen LogP contribution in [0, 0.1) is 10.1 Å². The van der Waals surface area contributed by atoms with Gasteiger partial charge < -0.3 is 15.1 Å². The number of nitrogens with zero attached hydrogens (tertiary/aromatic N) is 6. The minimum atomic E-state index is -0.410. The Kier molecular flexibility index (Phi) is 5.55. The Morgan fingerprint density at radius 3 is 2.47 bits per heavy atom. The maximum absolute atomic E-state index is 12.5. The minimum Gasteiger partial charge on any atom is -0.368 e. The Morgan fingerprint density at radius 2 is 1.87 bits per heavy atom. The highest BCUT2D eigenvalue weighted by Gasteiger charge is 2.21. The first-order valence-corrected chi connectivity index (χ1v) is 9.55. The number of nitrogens with one attached hydrogen (secondary N) is 1. The molecule has 1 aliphatic rings. The van der Waals surface area contributed by atoms with Crippen LogP contribution in [0.3, 0.4) is 0 Å². The predicted molar refractivity (Wildman–Crippen MR) is 110 cm³/mol. The lowest BCUT2D eigenvalue weighted by Crippen LogP contribution is -2.51. The Hall–Kier alpha value is -3.95. The Balaban J connectivity index is 1.25. The number of nitro benzene ring substituents is 1. The summed E-state index contributed by atoms with van der Waals surface area (Å²) >= 11 is 0. The zero-order chi connectivity index (χ0) is 20.9. The van der Waals surface area contributed by atoms with Crippen molar-refractivity contribution in [3.05, 3.63) is 77.0 Å². The summed E-state index contributed by atoms with van der Waals surface area (Å²) in [6.07, 6.45) is 6.93. The van der Waals surface area contributed by atoms with Crippen LogP contribution in [0.15, 0.2) is 61.3 Å². The number of non-ortho nitro benzene ring substituents is 1. The van der Waals surface area contributed by atoms with Crippen molar-refractivity contribution < 1.29 is 9.72 Å². The summed E-state index contributed by atoms with van der Waals surface area (Å²) in [5, 5.41) is 13.7. The topological polar surface area (TPSA) is 109 Å². The Labute approximate surface area is 172 Å². The van der Waals surface area contributed by atoms with E-state index in [1.807, 2.05) is 22.9 Å². The van der Waals surface area contributed by atoms with Crippen molar-refractivity contribution in [2.24, 2.45) is 0 Å². The molecule has 0 spiro atoms. The maximum atomic E-state index is 12.5. The van der Waals surface area contributed by atoms with Crippen molar-refractivity contribution in [3.63, 3.8) is 0 Å². The molecule has 2 aromatic heterocycles. The van der Waals surface area contributed by atoms with Gasteiger partial charge in [0.05, 0.1) is 4.92 Å². The van der Waals surface area contributed by atoms with Gasteiger partial charge in [-0.2, -0.15) is 0 Å². The lowest BCUT2D eigenvalue weighted by atomic mass is 10.2. The number of rotatable bonds is 5. The van der Waals surface area contributed by atoms with E-state index in [2.05, 4.69) is 20.2 Å². The van der Waals surface area contributed by atoms with Crippen molar-refractivity contribution in [1.82, 2.24) is 24.8 Å². The molecular formula is C20H21N7O3. The van der Waals surface area contributed by atoms with E-state index in [9.17, 15) is 14.9 Å². The number of carbonyl (C=O) groups excluding carboxylic acids is 1. The van der Waals surface area contributed by atoms with Crippen molar-refractivity contribution in [2.75, 3.05) is 31.1 Å². The fraction of sp³-hybridized carbons (Fsp3) is 0.250. The van der Waals surface area contributed by atoms with Crippen LogP contribution in [-0.4, -0.2) is 56.6 Å². The molecule has 3 heterocycles. The average Bonchev–Trinajstić information content (AvgIpc) is 3.33. The standard InChI is InChI=1S/C20H21N7O3/c28-20(23-14-16-1-6-19(22-13-16)26-8-7-21-15-26)25-11-9-24(10-12-25)17-2-4-18(5-3-17)27(29)30/h1-8,13,15H,9-12,14H2,(H,23,28). The highest BCUT2D eigenvalue weighted by Crippen LogP contribution is 2.20. The lowest BCUT2D eigenvalue weighted by molar-refractivity contribution is -0.384. The van der Waals surface area contributed by atoms with Gasteiger partial charge in [-0.3, -0.25) is 14.7 Å². The summed E-state index contributed by atoms with van der Waals surface area (Å²) in [7, 11) is 0. The summed E-state index contributed by atoms with van der Waals surface area (Å²) in [4.78, 5) is 35.1. The highest BCUT2D eigenvalue weighted by molar-refractivity contribution is 5.74. The molecule has 1 aliphatic heterocycles. The minimum absolute atomic E-state index is 0.0734. The molecule has 1 N–H and O–H groups in total. The Bertz CT molecular complexity index is 996. The monoisotopic (exact) mass is 407 g/mol. The molecule has 0 saturated carbocycles. The molecule has 30 heavy (non-hydrogen) atoms. The van der Waals surface area contributed by atoms with Crippen LogP contribution in [0.1, 0.15) is 5.56 Å².